The largest absolute Gasteiger partial charge is 0.374 e. The van der Waals surface area contributed by atoms with Crippen LogP contribution in [0.4, 0.5) is 0 Å². The lowest BCUT2D eigenvalue weighted by Gasteiger charge is -2.38. The summed E-state index contributed by atoms with van der Waals surface area (Å²) in [5.74, 6) is 4.93. The lowest BCUT2D eigenvalue weighted by molar-refractivity contribution is -0.135. The van der Waals surface area contributed by atoms with E-state index in [9.17, 15) is 9.59 Å². The van der Waals surface area contributed by atoms with E-state index in [1.807, 2.05) is 27.7 Å². The maximum atomic E-state index is 11.8. The molecule has 0 bridgehead atoms. The fourth-order valence-corrected chi connectivity index (χ4v) is 5.14. The molecule has 5 atom stereocenters. The van der Waals surface area contributed by atoms with Crippen LogP contribution in [0.3, 0.4) is 0 Å². The van der Waals surface area contributed by atoms with Crippen LogP contribution < -0.4 is 11.2 Å². The molecule has 1 rings (SSSR count). The van der Waals surface area contributed by atoms with Crippen LogP contribution in [0.5, 0.6) is 0 Å². The molecule has 0 aromatic heterocycles. The Kier molecular flexibility index (Phi) is 13.6. The Balaban J connectivity index is 3.24. The summed E-state index contributed by atoms with van der Waals surface area (Å²) in [7, 11) is 1.32. The van der Waals surface area contributed by atoms with Gasteiger partial charge in [0.2, 0.25) is 12.3 Å². The SMILES string of the molecule is CNC(=O)/C=C\N(C=O)C1OC(CON)C(OP(OCCC#N)N(C(C)C)C(C)C)C1OC. The van der Waals surface area contributed by atoms with Gasteiger partial charge < -0.3 is 28.7 Å². The van der Waals surface area contributed by atoms with Gasteiger partial charge in [0.05, 0.1) is 25.7 Å². The Labute approximate surface area is 196 Å². The molecule has 2 amide bonds. The number of rotatable bonds is 15. The zero-order valence-corrected chi connectivity index (χ0v) is 20.9. The summed E-state index contributed by atoms with van der Waals surface area (Å²) in [6.45, 7) is 8.24. The van der Waals surface area contributed by atoms with E-state index in [4.69, 9.17) is 34.5 Å². The molecular weight excluding hydrogens is 453 g/mol. The summed E-state index contributed by atoms with van der Waals surface area (Å²) in [6, 6.07) is 2.23. The molecule has 1 heterocycles. The van der Waals surface area contributed by atoms with Crippen molar-refractivity contribution in [2.75, 3.05) is 27.4 Å². The van der Waals surface area contributed by atoms with Gasteiger partial charge in [0, 0.05) is 38.5 Å². The standard InChI is InChI=1S/C20H36N5O7P/c1-14(2)25(15(3)4)33(30-11-7-9-21)32-18-16(12-29-22)31-20(19(18)28-6)24(13-26)10-8-17(27)23-5/h8,10,13-16,18-20H,7,11-12,22H2,1-6H3,(H,23,27)/b10-8-. The van der Waals surface area contributed by atoms with E-state index in [0.29, 0.717) is 6.41 Å². The van der Waals surface area contributed by atoms with Gasteiger partial charge in [0.25, 0.3) is 8.53 Å². The molecule has 12 nitrogen and oxygen atoms in total. The average molecular weight is 490 g/mol. The third-order valence-electron chi connectivity index (χ3n) is 4.75. The first-order valence-electron chi connectivity index (χ1n) is 10.6. The minimum Gasteiger partial charge on any atom is -0.374 e. The number of carbonyl (C=O) groups excluding carboxylic acids is 2. The molecule has 1 aliphatic heterocycles. The third-order valence-corrected chi connectivity index (χ3v) is 6.88. The highest BCUT2D eigenvalue weighted by Crippen LogP contribution is 2.49. The first-order chi connectivity index (χ1) is 15.7. The van der Waals surface area contributed by atoms with Crippen molar-refractivity contribution in [2.45, 2.75) is 70.7 Å². The second-order valence-corrected chi connectivity index (χ2v) is 9.10. The Bertz CT molecular complexity index is 668. The van der Waals surface area contributed by atoms with Crippen LogP contribution in [0.1, 0.15) is 34.1 Å². The Hall–Kier alpha value is -1.68. The number of nitrogens with zero attached hydrogens (tertiary/aromatic N) is 3. The monoisotopic (exact) mass is 489 g/mol. The molecule has 3 N–H and O–H groups in total. The van der Waals surface area contributed by atoms with Crippen LogP contribution in [0.25, 0.3) is 0 Å². The van der Waals surface area contributed by atoms with Gasteiger partial charge in [-0.05, 0) is 27.7 Å². The van der Waals surface area contributed by atoms with Crippen LogP contribution in [0, 0.1) is 11.3 Å². The number of nitrogens with two attached hydrogens (primary N) is 1. The predicted octanol–water partition coefficient (Wildman–Crippen LogP) is 0.996. The number of methoxy groups -OCH3 is 1. The van der Waals surface area contributed by atoms with Gasteiger partial charge in [-0.1, -0.05) is 0 Å². The quantitative estimate of drug-likeness (QED) is 0.112. The minimum absolute atomic E-state index is 0.0301. The molecule has 33 heavy (non-hydrogen) atoms. The molecule has 5 unspecified atom stereocenters. The number of nitriles is 1. The van der Waals surface area contributed by atoms with E-state index in [1.54, 1.807) is 0 Å². The fourth-order valence-electron chi connectivity index (χ4n) is 3.37. The molecule has 0 aromatic carbocycles. The lowest BCUT2D eigenvalue weighted by Crippen LogP contribution is -2.44. The van der Waals surface area contributed by atoms with E-state index in [-0.39, 0.29) is 37.6 Å². The summed E-state index contributed by atoms with van der Waals surface area (Å²) < 4.78 is 26.1. The number of nitrogens with one attached hydrogen (secondary N) is 1. The molecule has 0 radical (unpaired) electrons. The molecule has 13 heteroatoms. The van der Waals surface area contributed by atoms with Gasteiger partial charge >= 0.3 is 0 Å². The second-order valence-electron chi connectivity index (χ2n) is 7.70. The normalized spacial score (nSPS) is 23.9. The molecule has 1 fully saturated rings. The maximum Gasteiger partial charge on any atom is 0.259 e. The minimum atomic E-state index is -1.62. The summed E-state index contributed by atoms with van der Waals surface area (Å²) in [5.41, 5.74) is 0. The van der Waals surface area contributed by atoms with Crippen LogP contribution in [-0.4, -0.2) is 85.9 Å². The topological polar surface area (TPSA) is 149 Å². The lowest BCUT2D eigenvalue weighted by atomic mass is 10.1. The van der Waals surface area contributed by atoms with Crippen molar-refractivity contribution >= 4 is 20.8 Å². The zero-order chi connectivity index (χ0) is 25.0. The smallest absolute Gasteiger partial charge is 0.259 e. The van der Waals surface area contributed by atoms with E-state index < -0.39 is 33.1 Å². The van der Waals surface area contributed by atoms with Gasteiger partial charge in [0.15, 0.2) is 6.23 Å². The van der Waals surface area contributed by atoms with E-state index in [2.05, 4.69) is 16.1 Å². The van der Waals surface area contributed by atoms with Crippen molar-refractivity contribution in [2.24, 2.45) is 5.90 Å². The predicted molar refractivity (Wildman–Crippen MR) is 121 cm³/mol. The number of ether oxygens (including phenoxy) is 2. The van der Waals surface area contributed by atoms with Crippen molar-refractivity contribution in [1.29, 1.82) is 5.26 Å². The summed E-state index contributed by atoms with van der Waals surface area (Å²) in [6.07, 6.45) is 0.189. The Morgan fingerprint density at radius 3 is 2.45 bits per heavy atom. The van der Waals surface area contributed by atoms with Crippen molar-refractivity contribution in [3.63, 3.8) is 0 Å². The summed E-state index contributed by atoms with van der Waals surface area (Å²) in [4.78, 5) is 29.3. The van der Waals surface area contributed by atoms with Gasteiger partial charge in [0.1, 0.15) is 18.3 Å². The van der Waals surface area contributed by atoms with Gasteiger partial charge in [-0.15, -0.1) is 0 Å². The molecule has 0 aliphatic carbocycles. The Morgan fingerprint density at radius 2 is 1.97 bits per heavy atom. The zero-order valence-electron chi connectivity index (χ0n) is 20.0. The number of likely N-dealkylation sites (N-methyl/N-ethyl adjacent to an activating group) is 1. The Morgan fingerprint density at radius 1 is 1.30 bits per heavy atom. The van der Waals surface area contributed by atoms with E-state index in [0.717, 1.165) is 0 Å². The van der Waals surface area contributed by atoms with Crippen molar-refractivity contribution in [3.05, 3.63) is 12.3 Å². The number of hydrogen-bond acceptors (Lipinski definition) is 10. The maximum absolute atomic E-state index is 11.8. The van der Waals surface area contributed by atoms with Crippen LogP contribution in [-0.2, 0) is 32.9 Å². The van der Waals surface area contributed by atoms with Crippen LogP contribution in [0.2, 0.25) is 0 Å². The molecule has 1 saturated heterocycles. The number of amides is 2. The molecule has 0 aromatic rings. The highest BCUT2D eigenvalue weighted by Gasteiger charge is 2.50. The molecule has 188 valence electrons. The van der Waals surface area contributed by atoms with Gasteiger partial charge in [-0.2, -0.15) is 5.26 Å². The van der Waals surface area contributed by atoms with Crippen molar-refractivity contribution in [1.82, 2.24) is 14.9 Å². The first kappa shape index (κ1) is 29.4. The average Bonchev–Trinajstić information content (AvgIpc) is 3.10. The van der Waals surface area contributed by atoms with Gasteiger partial charge in [-0.25, -0.2) is 10.6 Å². The van der Waals surface area contributed by atoms with Crippen molar-refractivity contribution < 1.29 is 32.9 Å². The molecular formula is C20H36N5O7P. The van der Waals surface area contributed by atoms with E-state index in [1.165, 1.54) is 31.3 Å². The molecule has 0 saturated carbocycles. The molecule has 0 spiro atoms. The van der Waals surface area contributed by atoms with Gasteiger partial charge in [-0.3, -0.25) is 14.5 Å². The van der Waals surface area contributed by atoms with Crippen LogP contribution in [0.15, 0.2) is 12.3 Å². The highest BCUT2D eigenvalue weighted by molar-refractivity contribution is 7.44. The summed E-state index contributed by atoms with van der Waals surface area (Å²) >= 11 is 0. The summed E-state index contributed by atoms with van der Waals surface area (Å²) in [5, 5.41) is 11.4. The fraction of sp³-hybridized carbons (Fsp3) is 0.750. The first-order valence-corrected chi connectivity index (χ1v) is 11.8. The van der Waals surface area contributed by atoms with Crippen molar-refractivity contribution in [3.8, 4) is 6.07 Å². The highest BCUT2D eigenvalue weighted by atomic mass is 31.2. The third kappa shape index (κ3) is 8.55. The number of hydrogen-bond donors (Lipinski definition) is 2. The second kappa shape index (κ2) is 15.3. The van der Waals surface area contributed by atoms with Crippen LogP contribution >= 0.6 is 8.53 Å². The van der Waals surface area contributed by atoms with E-state index >= 15 is 0 Å². The molecule has 1 aliphatic rings. The number of carbonyl (C=O) groups is 2.